The summed E-state index contributed by atoms with van der Waals surface area (Å²) in [6, 6.07) is 17.1. The predicted octanol–water partition coefficient (Wildman–Crippen LogP) is 8.43. The van der Waals surface area contributed by atoms with Crippen LogP contribution in [0.3, 0.4) is 0 Å². The topological polar surface area (TPSA) is 80.3 Å². The summed E-state index contributed by atoms with van der Waals surface area (Å²) < 4.78 is 5.56. The minimum absolute atomic E-state index is 0.0831. The number of ether oxygens (including phenoxy) is 1. The number of methoxy groups -OCH3 is 1. The maximum atomic E-state index is 11.4. The third kappa shape index (κ3) is 6.78. The first-order chi connectivity index (χ1) is 17.4. The fourth-order valence-electron chi connectivity index (χ4n) is 3.90. The van der Waals surface area contributed by atoms with Crippen molar-refractivity contribution in [1.82, 2.24) is 0 Å². The van der Waals surface area contributed by atoms with Crippen LogP contribution in [0.25, 0.3) is 12.2 Å². The van der Waals surface area contributed by atoms with Gasteiger partial charge in [0, 0.05) is 24.8 Å². The first-order valence-corrected chi connectivity index (χ1v) is 12.2. The van der Waals surface area contributed by atoms with Crippen molar-refractivity contribution in [3.63, 3.8) is 0 Å². The molecular formula is C29H34N4O3. The van der Waals surface area contributed by atoms with E-state index in [-0.39, 0.29) is 10.6 Å². The molecule has 0 aliphatic rings. The van der Waals surface area contributed by atoms with Crippen LogP contribution in [0.1, 0.15) is 48.9 Å². The van der Waals surface area contributed by atoms with Crippen LogP contribution in [-0.4, -0.2) is 25.1 Å². The van der Waals surface area contributed by atoms with Crippen LogP contribution in [-0.2, 0) is 0 Å². The fraction of sp³-hybridized carbons (Fsp3) is 0.310. The lowest BCUT2D eigenvalue weighted by Crippen LogP contribution is -2.23. The predicted molar refractivity (Wildman–Crippen MR) is 148 cm³/mol. The van der Waals surface area contributed by atoms with Crippen LogP contribution < -0.4 is 9.64 Å². The van der Waals surface area contributed by atoms with Crippen LogP contribution in [0.2, 0.25) is 0 Å². The Balaban J connectivity index is 1.81. The van der Waals surface area contributed by atoms with Crippen molar-refractivity contribution in [3.05, 3.63) is 87.0 Å². The molecule has 0 radical (unpaired) electrons. The Morgan fingerprint density at radius 1 is 0.972 bits per heavy atom. The van der Waals surface area contributed by atoms with Crippen LogP contribution in [0.4, 0.5) is 22.7 Å². The van der Waals surface area contributed by atoms with Gasteiger partial charge < -0.3 is 9.64 Å². The second-order valence-electron chi connectivity index (χ2n) is 8.68. The van der Waals surface area contributed by atoms with Crippen molar-refractivity contribution in [2.75, 3.05) is 25.1 Å². The standard InChI is InChI=1S/C29H34N4O3/c1-6-8-17-32(7-2)26-15-13-25(14-16-26)30-31-27-19-22(4)24(20-29(27)36-5)12-11-23-10-9-21(3)18-28(23)33(34)35/h9-16,18-20H,6-8,17H2,1-5H3. The highest BCUT2D eigenvalue weighted by Crippen LogP contribution is 2.34. The van der Waals surface area contributed by atoms with Crippen molar-refractivity contribution < 1.29 is 9.66 Å². The molecule has 0 atom stereocenters. The molecule has 0 saturated carbocycles. The molecule has 3 rings (SSSR count). The Kier molecular flexibility index (Phi) is 9.33. The highest BCUT2D eigenvalue weighted by Gasteiger charge is 2.12. The van der Waals surface area contributed by atoms with Crippen molar-refractivity contribution >= 4 is 34.9 Å². The van der Waals surface area contributed by atoms with Gasteiger partial charge in [-0.2, -0.15) is 5.11 Å². The van der Waals surface area contributed by atoms with Gasteiger partial charge in [-0.3, -0.25) is 10.1 Å². The number of rotatable bonds is 11. The molecule has 7 nitrogen and oxygen atoms in total. The zero-order chi connectivity index (χ0) is 26.1. The molecule has 0 fully saturated rings. The van der Waals surface area contributed by atoms with Gasteiger partial charge in [0.15, 0.2) is 0 Å². The second kappa shape index (κ2) is 12.6. The number of anilines is 1. The number of hydrogen-bond acceptors (Lipinski definition) is 6. The molecule has 188 valence electrons. The highest BCUT2D eigenvalue weighted by molar-refractivity contribution is 5.77. The summed E-state index contributed by atoms with van der Waals surface area (Å²) in [5.41, 5.74) is 5.89. The van der Waals surface area contributed by atoms with Gasteiger partial charge in [-0.1, -0.05) is 25.5 Å². The quantitative estimate of drug-likeness (QED) is 0.118. The van der Waals surface area contributed by atoms with E-state index in [0.717, 1.165) is 35.5 Å². The van der Waals surface area contributed by atoms with Crippen molar-refractivity contribution in [1.29, 1.82) is 0 Å². The third-order valence-electron chi connectivity index (χ3n) is 6.04. The van der Waals surface area contributed by atoms with Crippen LogP contribution in [0.15, 0.2) is 64.8 Å². The maximum absolute atomic E-state index is 11.4. The van der Waals surface area contributed by atoms with Gasteiger partial charge in [0.25, 0.3) is 5.69 Å². The summed E-state index contributed by atoms with van der Waals surface area (Å²) in [4.78, 5) is 13.4. The number of benzene rings is 3. The normalized spacial score (nSPS) is 11.4. The first-order valence-electron chi connectivity index (χ1n) is 12.2. The lowest BCUT2D eigenvalue weighted by atomic mass is 10.0. The molecule has 0 amide bonds. The van der Waals surface area contributed by atoms with Gasteiger partial charge in [-0.05, 0) is 92.4 Å². The van der Waals surface area contributed by atoms with Crippen LogP contribution >= 0.6 is 0 Å². The number of nitro benzene ring substituents is 1. The molecule has 0 aliphatic carbocycles. The molecule has 0 bridgehead atoms. The summed E-state index contributed by atoms with van der Waals surface area (Å²) in [6.07, 6.45) is 5.95. The Hall–Kier alpha value is -4.00. The van der Waals surface area contributed by atoms with E-state index in [4.69, 9.17) is 4.74 Å². The fourth-order valence-corrected chi connectivity index (χ4v) is 3.90. The Bertz CT molecular complexity index is 1250. The number of azo groups is 1. The van der Waals surface area contributed by atoms with E-state index in [0.29, 0.717) is 17.0 Å². The van der Waals surface area contributed by atoms with Gasteiger partial charge in [0.1, 0.15) is 11.4 Å². The van der Waals surface area contributed by atoms with Gasteiger partial charge in [0.05, 0.1) is 23.3 Å². The molecule has 7 heteroatoms. The number of nitro groups is 1. The minimum Gasteiger partial charge on any atom is -0.494 e. The van der Waals surface area contributed by atoms with E-state index in [1.54, 1.807) is 25.3 Å². The number of unbranched alkanes of at least 4 members (excludes halogenated alkanes) is 1. The van der Waals surface area contributed by atoms with Gasteiger partial charge in [-0.25, -0.2) is 0 Å². The molecule has 0 heterocycles. The minimum atomic E-state index is -0.360. The SMILES string of the molecule is CCCCN(CC)c1ccc(N=Nc2cc(C)c(C=Cc3ccc(C)cc3[N+](=O)[O-])cc2OC)cc1. The molecular weight excluding hydrogens is 452 g/mol. The summed E-state index contributed by atoms with van der Waals surface area (Å²) >= 11 is 0. The second-order valence-corrected chi connectivity index (χ2v) is 8.68. The van der Waals surface area contributed by atoms with Crippen molar-refractivity contribution in [2.45, 2.75) is 40.5 Å². The molecule has 0 saturated heterocycles. The zero-order valence-electron chi connectivity index (χ0n) is 21.7. The molecule has 0 N–H and O–H groups in total. The Morgan fingerprint density at radius 2 is 1.69 bits per heavy atom. The Labute approximate surface area is 213 Å². The van der Waals surface area contributed by atoms with Crippen LogP contribution in [0.5, 0.6) is 5.75 Å². The van der Waals surface area contributed by atoms with E-state index < -0.39 is 0 Å². The number of aryl methyl sites for hydroxylation is 2. The van der Waals surface area contributed by atoms with Gasteiger partial charge >= 0.3 is 0 Å². The van der Waals surface area contributed by atoms with Crippen molar-refractivity contribution in [2.24, 2.45) is 10.2 Å². The number of nitrogens with zero attached hydrogens (tertiary/aromatic N) is 4. The summed E-state index contributed by atoms with van der Waals surface area (Å²) in [6.45, 7) is 10.2. The summed E-state index contributed by atoms with van der Waals surface area (Å²) in [5, 5.41) is 20.3. The van der Waals surface area contributed by atoms with E-state index in [1.165, 1.54) is 18.5 Å². The summed E-state index contributed by atoms with van der Waals surface area (Å²) in [5.74, 6) is 0.579. The zero-order valence-corrected chi connectivity index (χ0v) is 21.7. The van der Waals surface area contributed by atoms with E-state index >= 15 is 0 Å². The molecule has 3 aromatic rings. The average Bonchev–Trinajstić information content (AvgIpc) is 2.88. The number of hydrogen-bond donors (Lipinski definition) is 0. The lowest BCUT2D eigenvalue weighted by Gasteiger charge is -2.22. The molecule has 36 heavy (non-hydrogen) atoms. The first kappa shape index (κ1) is 26.6. The van der Waals surface area contributed by atoms with E-state index in [9.17, 15) is 10.1 Å². The molecule has 0 unspecified atom stereocenters. The molecule has 0 spiro atoms. The molecule has 0 aliphatic heterocycles. The maximum Gasteiger partial charge on any atom is 0.276 e. The lowest BCUT2D eigenvalue weighted by molar-refractivity contribution is -0.385. The van der Waals surface area contributed by atoms with E-state index in [2.05, 4.69) is 41.1 Å². The van der Waals surface area contributed by atoms with Gasteiger partial charge in [0.2, 0.25) is 0 Å². The Morgan fingerprint density at radius 3 is 2.33 bits per heavy atom. The third-order valence-corrected chi connectivity index (χ3v) is 6.04. The smallest absolute Gasteiger partial charge is 0.276 e. The molecule has 3 aromatic carbocycles. The monoisotopic (exact) mass is 486 g/mol. The largest absolute Gasteiger partial charge is 0.494 e. The summed E-state index contributed by atoms with van der Waals surface area (Å²) in [7, 11) is 1.59. The average molecular weight is 487 g/mol. The van der Waals surface area contributed by atoms with Crippen molar-refractivity contribution in [3.8, 4) is 5.75 Å². The molecule has 0 aromatic heterocycles. The van der Waals surface area contributed by atoms with Crippen LogP contribution in [0, 0.1) is 24.0 Å². The van der Waals surface area contributed by atoms with E-state index in [1.807, 2.05) is 50.3 Å². The highest BCUT2D eigenvalue weighted by atomic mass is 16.6. The van der Waals surface area contributed by atoms with Gasteiger partial charge in [-0.15, -0.1) is 5.11 Å².